The zero-order chi connectivity index (χ0) is 20.6. The molecule has 7 heteroatoms. The molecule has 1 amide bonds. The topological polar surface area (TPSA) is 80.3 Å². The van der Waals surface area contributed by atoms with Gasteiger partial charge in [0.25, 0.3) is 0 Å². The Morgan fingerprint density at radius 3 is 2.55 bits per heavy atom. The average molecular weight is 412 g/mol. The molecule has 0 saturated carbocycles. The number of ether oxygens (including phenoxy) is 1. The van der Waals surface area contributed by atoms with E-state index in [1.54, 1.807) is 18.3 Å². The lowest BCUT2D eigenvalue weighted by Gasteiger charge is -2.23. The predicted molar refractivity (Wildman–Crippen MR) is 115 cm³/mol. The summed E-state index contributed by atoms with van der Waals surface area (Å²) in [4.78, 5) is 28.9. The van der Waals surface area contributed by atoms with E-state index in [0.717, 1.165) is 20.8 Å². The van der Waals surface area contributed by atoms with Crippen molar-refractivity contribution in [2.24, 2.45) is 5.92 Å². The second-order valence-electron chi connectivity index (χ2n) is 6.76. The smallest absolute Gasteiger partial charge is 0.310 e. The van der Waals surface area contributed by atoms with Crippen molar-refractivity contribution in [3.05, 3.63) is 65.2 Å². The fourth-order valence-electron chi connectivity index (χ4n) is 3.17. The highest BCUT2D eigenvalue weighted by Crippen LogP contribution is 2.23. The van der Waals surface area contributed by atoms with Crippen LogP contribution < -0.4 is 10.6 Å². The Morgan fingerprint density at radius 2 is 1.83 bits per heavy atom. The van der Waals surface area contributed by atoms with Gasteiger partial charge in [0.05, 0.1) is 34.8 Å². The van der Waals surface area contributed by atoms with Gasteiger partial charge in [-0.2, -0.15) is 0 Å². The van der Waals surface area contributed by atoms with E-state index in [1.165, 1.54) is 7.11 Å². The molecule has 3 aromatic rings. The summed E-state index contributed by atoms with van der Waals surface area (Å²) in [6.07, 6.45) is 0.686. The second kappa shape index (κ2) is 10.1. The third-order valence-electron chi connectivity index (χ3n) is 4.71. The Kier molecular flexibility index (Phi) is 7.32. The fourth-order valence-corrected chi connectivity index (χ4v) is 4.13. The lowest BCUT2D eigenvalue weighted by Crippen LogP contribution is -2.40. The summed E-state index contributed by atoms with van der Waals surface area (Å²) in [5.41, 5.74) is 1.93. The molecule has 2 N–H and O–H groups in total. The van der Waals surface area contributed by atoms with E-state index in [1.807, 2.05) is 54.6 Å². The molecule has 2 unspecified atom stereocenters. The van der Waals surface area contributed by atoms with Crippen LogP contribution in [0.3, 0.4) is 0 Å². The molecule has 0 spiro atoms. The summed E-state index contributed by atoms with van der Waals surface area (Å²) in [6, 6.07) is 17.3. The van der Waals surface area contributed by atoms with Crippen molar-refractivity contribution in [3.63, 3.8) is 0 Å². The van der Waals surface area contributed by atoms with Gasteiger partial charge in [-0.15, -0.1) is 11.3 Å². The first-order valence-electron chi connectivity index (χ1n) is 9.56. The molecular weight excluding hydrogens is 386 g/mol. The summed E-state index contributed by atoms with van der Waals surface area (Å²) in [7, 11) is 1.37. The zero-order valence-electron chi connectivity index (χ0n) is 16.6. The maximum Gasteiger partial charge on any atom is 0.310 e. The van der Waals surface area contributed by atoms with Crippen LogP contribution in [0.15, 0.2) is 54.6 Å². The number of hydrogen-bond acceptors (Lipinski definition) is 6. The highest BCUT2D eigenvalue weighted by Gasteiger charge is 2.26. The first kappa shape index (κ1) is 21.0. The average Bonchev–Trinajstić information content (AvgIpc) is 3.16. The van der Waals surface area contributed by atoms with Crippen molar-refractivity contribution in [1.29, 1.82) is 0 Å². The van der Waals surface area contributed by atoms with Gasteiger partial charge in [0, 0.05) is 19.0 Å². The third-order valence-corrected chi connectivity index (χ3v) is 5.81. The van der Waals surface area contributed by atoms with Crippen LogP contribution in [0.25, 0.3) is 10.2 Å². The van der Waals surface area contributed by atoms with Crippen molar-refractivity contribution >= 4 is 33.4 Å². The number of rotatable bonds is 9. The zero-order valence-corrected chi connectivity index (χ0v) is 17.4. The van der Waals surface area contributed by atoms with Gasteiger partial charge in [-0.1, -0.05) is 49.4 Å². The van der Waals surface area contributed by atoms with Crippen LogP contribution in [0.5, 0.6) is 0 Å². The molecule has 0 radical (unpaired) electrons. The number of nitrogens with one attached hydrogen (secondary N) is 2. The molecule has 3 rings (SSSR count). The number of carbonyl (C=O) groups is 2. The Hall–Kier alpha value is -2.77. The van der Waals surface area contributed by atoms with Crippen LogP contribution in [0.4, 0.5) is 0 Å². The first-order chi connectivity index (χ1) is 14.1. The van der Waals surface area contributed by atoms with Crippen LogP contribution in [0, 0.1) is 5.92 Å². The molecule has 0 aliphatic heterocycles. The largest absolute Gasteiger partial charge is 0.469 e. The van der Waals surface area contributed by atoms with Crippen molar-refractivity contribution in [3.8, 4) is 0 Å². The standard InChI is InChI=1S/C22H25N3O3S/c1-15(22(27)28-2)21(16-8-4-3-5-9-16)24-14-19(26)23-13-12-20-25-17-10-6-7-11-18(17)29-20/h3-11,15,21,24H,12-14H2,1-2H3,(H,23,26). The quantitative estimate of drug-likeness (QED) is 0.529. The van der Waals surface area contributed by atoms with Crippen molar-refractivity contribution in [2.75, 3.05) is 20.2 Å². The number of carbonyl (C=O) groups excluding carboxylic acids is 2. The number of thiazole rings is 1. The van der Waals surface area contributed by atoms with E-state index < -0.39 is 5.92 Å². The SMILES string of the molecule is COC(=O)C(C)C(NCC(=O)NCCc1nc2ccccc2s1)c1ccccc1. The molecule has 6 nitrogen and oxygen atoms in total. The number of nitrogens with zero attached hydrogens (tertiary/aromatic N) is 1. The number of benzene rings is 2. The van der Waals surface area contributed by atoms with Gasteiger partial charge < -0.3 is 15.4 Å². The van der Waals surface area contributed by atoms with Crippen LogP contribution in [0.1, 0.15) is 23.5 Å². The molecule has 29 heavy (non-hydrogen) atoms. The minimum absolute atomic E-state index is 0.112. The van der Waals surface area contributed by atoms with Crippen LogP contribution >= 0.6 is 11.3 Å². The lowest BCUT2D eigenvalue weighted by molar-refractivity contribution is -0.146. The van der Waals surface area contributed by atoms with E-state index in [4.69, 9.17) is 4.74 Å². The number of esters is 1. The Morgan fingerprint density at radius 1 is 1.10 bits per heavy atom. The second-order valence-corrected chi connectivity index (χ2v) is 7.87. The van der Waals surface area contributed by atoms with E-state index in [2.05, 4.69) is 15.6 Å². The van der Waals surface area contributed by atoms with Crippen LogP contribution in [0.2, 0.25) is 0 Å². The van der Waals surface area contributed by atoms with Gasteiger partial charge in [-0.3, -0.25) is 9.59 Å². The maximum absolute atomic E-state index is 12.3. The minimum Gasteiger partial charge on any atom is -0.469 e. The molecule has 1 heterocycles. The Labute approximate surface area is 174 Å². The molecule has 2 atom stereocenters. The van der Waals surface area contributed by atoms with E-state index in [0.29, 0.717) is 13.0 Å². The molecule has 0 saturated heterocycles. The first-order valence-corrected chi connectivity index (χ1v) is 10.4. The van der Waals surface area contributed by atoms with Gasteiger partial charge in [0.2, 0.25) is 5.91 Å². The minimum atomic E-state index is -0.419. The summed E-state index contributed by atoms with van der Waals surface area (Å²) in [5.74, 6) is -0.857. The van der Waals surface area contributed by atoms with E-state index in [-0.39, 0.29) is 24.5 Å². The number of hydrogen-bond donors (Lipinski definition) is 2. The number of para-hydroxylation sites is 1. The number of amides is 1. The summed E-state index contributed by atoms with van der Waals surface area (Å²) < 4.78 is 6.03. The summed E-state index contributed by atoms with van der Waals surface area (Å²) in [5, 5.41) is 7.11. The van der Waals surface area contributed by atoms with Crippen molar-refractivity contribution < 1.29 is 14.3 Å². The molecule has 0 aliphatic rings. The van der Waals surface area contributed by atoms with E-state index in [9.17, 15) is 9.59 Å². The molecule has 152 valence electrons. The molecule has 0 fully saturated rings. The molecule has 2 aromatic carbocycles. The number of fused-ring (bicyclic) bond motifs is 1. The lowest BCUT2D eigenvalue weighted by atomic mass is 9.94. The molecule has 1 aromatic heterocycles. The number of methoxy groups -OCH3 is 1. The van der Waals surface area contributed by atoms with Gasteiger partial charge in [-0.25, -0.2) is 4.98 Å². The van der Waals surface area contributed by atoms with Gasteiger partial charge in [0.15, 0.2) is 0 Å². The summed E-state index contributed by atoms with van der Waals surface area (Å²) >= 11 is 1.64. The van der Waals surface area contributed by atoms with Gasteiger partial charge in [-0.05, 0) is 17.7 Å². The predicted octanol–water partition coefficient (Wildman–Crippen LogP) is 3.10. The monoisotopic (exact) mass is 411 g/mol. The van der Waals surface area contributed by atoms with Crippen molar-refractivity contribution in [1.82, 2.24) is 15.6 Å². The van der Waals surface area contributed by atoms with Crippen molar-refractivity contribution in [2.45, 2.75) is 19.4 Å². The van der Waals surface area contributed by atoms with Crippen LogP contribution in [-0.2, 0) is 20.7 Å². The normalized spacial score (nSPS) is 13.0. The van der Waals surface area contributed by atoms with E-state index >= 15 is 0 Å². The van der Waals surface area contributed by atoms with Gasteiger partial charge in [0.1, 0.15) is 0 Å². The highest BCUT2D eigenvalue weighted by atomic mass is 32.1. The fraction of sp³-hybridized carbons (Fsp3) is 0.318. The van der Waals surface area contributed by atoms with Gasteiger partial charge >= 0.3 is 5.97 Å². The molecular formula is C22H25N3O3S. The highest BCUT2D eigenvalue weighted by molar-refractivity contribution is 7.18. The molecule has 0 bridgehead atoms. The summed E-state index contributed by atoms with van der Waals surface area (Å²) in [6.45, 7) is 2.42. The third kappa shape index (κ3) is 5.62. The number of aromatic nitrogens is 1. The maximum atomic E-state index is 12.3. The Balaban J connectivity index is 1.52. The van der Waals surface area contributed by atoms with Crippen LogP contribution in [-0.4, -0.2) is 37.1 Å². The Bertz CT molecular complexity index is 925. The molecule has 0 aliphatic carbocycles.